The molecule has 2 aliphatic rings. The minimum Gasteiger partial charge on any atom is -0.383 e. The van der Waals surface area contributed by atoms with Gasteiger partial charge in [-0.15, -0.1) is 0 Å². The average Bonchev–Trinajstić information content (AvgIpc) is 2.75. The highest BCUT2D eigenvalue weighted by atomic mass is 15.2. The highest BCUT2D eigenvalue weighted by Gasteiger charge is 2.26. The molecule has 2 heteroatoms. The quantitative estimate of drug-likeness (QED) is 0.814. The average molecular weight is 258 g/mol. The normalized spacial score (nSPS) is 24.6. The van der Waals surface area contributed by atoms with E-state index in [9.17, 15) is 0 Å². The van der Waals surface area contributed by atoms with Crippen LogP contribution in [0.2, 0.25) is 0 Å². The van der Waals surface area contributed by atoms with E-state index in [1.165, 1.54) is 56.2 Å². The lowest BCUT2D eigenvalue weighted by molar-refractivity contribution is 0.160. The maximum absolute atomic E-state index is 3.61. The van der Waals surface area contributed by atoms with Crippen LogP contribution in [0.25, 0.3) is 0 Å². The number of hydrogen-bond donors (Lipinski definition) is 1. The summed E-state index contributed by atoms with van der Waals surface area (Å²) in [6, 6.07) is 10.2. The third-order valence-electron chi connectivity index (χ3n) is 4.98. The molecule has 19 heavy (non-hydrogen) atoms. The van der Waals surface area contributed by atoms with Gasteiger partial charge >= 0.3 is 0 Å². The van der Waals surface area contributed by atoms with Gasteiger partial charge in [-0.3, -0.25) is 4.90 Å². The van der Waals surface area contributed by atoms with Gasteiger partial charge in [0.1, 0.15) is 0 Å². The lowest BCUT2D eigenvalue weighted by Gasteiger charge is -2.38. The highest BCUT2D eigenvalue weighted by Crippen LogP contribution is 2.27. The minimum absolute atomic E-state index is 0.665. The van der Waals surface area contributed by atoms with E-state index in [-0.39, 0.29) is 0 Å². The molecule has 0 radical (unpaired) electrons. The first kappa shape index (κ1) is 13.0. The summed E-state index contributed by atoms with van der Waals surface area (Å²) in [4.78, 5) is 2.66. The van der Waals surface area contributed by atoms with Crippen LogP contribution >= 0.6 is 0 Å². The van der Waals surface area contributed by atoms with Gasteiger partial charge in [0.05, 0.1) is 0 Å². The predicted octanol–water partition coefficient (Wildman–Crippen LogP) is 3.68. The summed E-state index contributed by atoms with van der Waals surface area (Å²) in [6.07, 6.45) is 9.73. The monoisotopic (exact) mass is 258 g/mol. The zero-order chi connectivity index (χ0) is 13.1. The van der Waals surface area contributed by atoms with Crippen molar-refractivity contribution in [3.63, 3.8) is 0 Å². The summed E-state index contributed by atoms with van der Waals surface area (Å²) in [6.45, 7) is 1.10. The van der Waals surface area contributed by atoms with Crippen LogP contribution in [0, 0.1) is 0 Å². The van der Waals surface area contributed by atoms with Crippen molar-refractivity contribution in [3.8, 4) is 0 Å². The van der Waals surface area contributed by atoms with Crippen molar-refractivity contribution in [2.24, 2.45) is 0 Å². The van der Waals surface area contributed by atoms with E-state index in [1.807, 2.05) is 0 Å². The lowest BCUT2D eigenvalue weighted by Crippen LogP contribution is -2.46. The lowest BCUT2D eigenvalue weighted by atomic mass is 9.96. The second kappa shape index (κ2) is 5.96. The third kappa shape index (κ3) is 2.94. The van der Waals surface area contributed by atoms with Gasteiger partial charge in [-0.2, -0.15) is 0 Å². The van der Waals surface area contributed by atoms with Crippen LogP contribution in [-0.4, -0.2) is 30.6 Å². The summed E-state index contributed by atoms with van der Waals surface area (Å²) in [5.74, 6) is 0. The van der Waals surface area contributed by atoms with Crippen molar-refractivity contribution in [2.75, 3.05) is 18.9 Å². The van der Waals surface area contributed by atoms with Crippen LogP contribution in [0.4, 0.5) is 5.69 Å². The maximum Gasteiger partial charge on any atom is 0.0373 e. The number of nitrogens with zero attached hydrogens (tertiary/aromatic N) is 1. The van der Waals surface area contributed by atoms with Gasteiger partial charge in [-0.25, -0.2) is 0 Å². The summed E-state index contributed by atoms with van der Waals surface area (Å²) in [5.41, 5.74) is 2.83. The Bertz CT molecular complexity index is 407. The topological polar surface area (TPSA) is 15.3 Å². The van der Waals surface area contributed by atoms with E-state index >= 15 is 0 Å². The van der Waals surface area contributed by atoms with Gasteiger partial charge in [0.15, 0.2) is 0 Å². The number of anilines is 1. The van der Waals surface area contributed by atoms with E-state index < -0.39 is 0 Å². The Morgan fingerprint density at radius 1 is 1.00 bits per heavy atom. The van der Waals surface area contributed by atoms with Crippen LogP contribution in [-0.2, 0) is 6.42 Å². The largest absolute Gasteiger partial charge is 0.383 e. The SMILES string of the molecule is CN(C1CCCCCC1)C1CNc2ccccc2C1. The van der Waals surface area contributed by atoms with Crippen LogP contribution in [0.15, 0.2) is 24.3 Å². The smallest absolute Gasteiger partial charge is 0.0373 e. The van der Waals surface area contributed by atoms with Crippen LogP contribution in [0.3, 0.4) is 0 Å². The fourth-order valence-corrected chi connectivity index (χ4v) is 3.68. The van der Waals surface area contributed by atoms with Gasteiger partial charge in [-0.1, -0.05) is 43.9 Å². The Hall–Kier alpha value is -1.02. The molecule has 0 saturated heterocycles. The number of rotatable bonds is 2. The first-order valence-electron chi connectivity index (χ1n) is 7.88. The third-order valence-corrected chi connectivity index (χ3v) is 4.98. The predicted molar refractivity (Wildman–Crippen MR) is 81.7 cm³/mol. The molecule has 0 amide bonds. The van der Waals surface area contributed by atoms with Gasteiger partial charge in [-0.05, 0) is 37.9 Å². The van der Waals surface area contributed by atoms with Gasteiger partial charge in [0.2, 0.25) is 0 Å². The van der Waals surface area contributed by atoms with Crippen molar-refractivity contribution in [1.29, 1.82) is 0 Å². The van der Waals surface area contributed by atoms with Crippen LogP contribution < -0.4 is 5.32 Å². The molecule has 1 saturated carbocycles. The zero-order valence-electron chi connectivity index (χ0n) is 12.1. The maximum atomic E-state index is 3.61. The van der Waals surface area contributed by atoms with E-state index in [4.69, 9.17) is 0 Å². The molecule has 104 valence electrons. The molecular weight excluding hydrogens is 232 g/mol. The second-order valence-corrected chi connectivity index (χ2v) is 6.21. The number of nitrogens with one attached hydrogen (secondary N) is 1. The fraction of sp³-hybridized carbons (Fsp3) is 0.647. The zero-order valence-corrected chi connectivity index (χ0v) is 12.1. The van der Waals surface area contributed by atoms with Crippen molar-refractivity contribution in [3.05, 3.63) is 29.8 Å². The molecule has 0 spiro atoms. The summed E-state index contributed by atoms with van der Waals surface area (Å²) in [5, 5.41) is 3.61. The molecular formula is C17H26N2. The summed E-state index contributed by atoms with van der Waals surface area (Å²) >= 11 is 0. The Labute approximate surface area is 117 Å². The number of likely N-dealkylation sites (N-methyl/N-ethyl adjacent to an activating group) is 1. The molecule has 2 nitrogen and oxygen atoms in total. The van der Waals surface area contributed by atoms with Crippen molar-refractivity contribution in [1.82, 2.24) is 4.90 Å². The van der Waals surface area contributed by atoms with Crippen molar-refractivity contribution >= 4 is 5.69 Å². The molecule has 1 aromatic rings. The first-order chi connectivity index (χ1) is 9.34. The standard InChI is InChI=1S/C17H26N2/c1-19(15-9-4-2-3-5-10-15)16-12-14-8-6-7-11-17(14)18-13-16/h6-8,11,15-16,18H,2-5,9-10,12-13H2,1H3. The Kier molecular flexibility index (Phi) is 4.07. The number of fused-ring (bicyclic) bond motifs is 1. The molecule has 1 unspecified atom stereocenters. The van der Waals surface area contributed by atoms with E-state index in [2.05, 4.69) is 41.5 Å². The number of hydrogen-bond acceptors (Lipinski definition) is 2. The fourth-order valence-electron chi connectivity index (χ4n) is 3.68. The molecule has 1 fully saturated rings. The molecule has 1 atom stereocenters. The Morgan fingerprint density at radius 3 is 2.53 bits per heavy atom. The molecule has 1 N–H and O–H groups in total. The highest BCUT2D eigenvalue weighted by molar-refractivity contribution is 5.53. The van der Waals surface area contributed by atoms with Crippen molar-refractivity contribution in [2.45, 2.75) is 57.0 Å². The van der Waals surface area contributed by atoms with Crippen molar-refractivity contribution < 1.29 is 0 Å². The summed E-state index contributed by atoms with van der Waals surface area (Å²) in [7, 11) is 2.34. The van der Waals surface area contributed by atoms with Crippen LogP contribution in [0.5, 0.6) is 0 Å². The van der Waals surface area contributed by atoms with Gasteiger partial charge < -0.3 is 5.32 Å². The van der Waals surface area contributed by atoms with Gasteiger partial charge in [0, 0.05) is 24.3 Å². The second-order valence-electron chi connectivity index (χ2n) is 6.21. The van der Waals surface area contributed by atoms with Crippen LogP contribution in [0.1, 0.15) is 44.1 Å². The Balaban J connectivity index is 1.66. The van der Waals surface area contributed by atoms with Gasteiger partial charge in [0.25, 0.3) is 0 Å². The van der Waals surface area contributed by atoms with E-state index in [0.29, 0.717) is 6.04 Å². The number of benzene rings is 1. The molecule has 3 rings (SSSR count). The molecule has 0 bridgehead atoms. The first-order valence-corrected chi connectivity index (χ1v) is 7.88. The van der Waals surface area contributed by atoms with E-state index in [1.54, 1.807) is 0 Å². The molecule has 1 heterocycles. The van der Waals surface area contributed by atoms with E-state index in [0.717, 1.165) is 12.6 Å². The molecule has 0 aromatic heterocycles. The number of para-hydroxylation sites is 1. The molecule has 1 aliphatic carbocycles. The molecule has 1 aromatic carbocycles. The molecule has 1 aliphatic heterocycles. The minimum atomic E-state index is 0.665. The summed E-state index contributed by atoms with van der Waals surface area (Å²) < 4.78 is 0. The Morgan fingerprint density at radius 2 is 1.74 bits per heavy atom.